The van der Waals surface area contributed by atoms with E-state index in [1.165, 1.54) is 36.4 Å². The second-order valence-corrected chi connectivity index (χ2v) is 12.6. The van der Waals surface area contributed by atoms with Crippen LogP contribution in [-0.2, 0) is 5.41 Å². The van der Waals surface area contributed by atoms with Gasteiger partial charge < -0.3 is 9.80 Å². The summed E-state index contributed by atoms with van der Waals surface area (Å²) < 4.78 is 45.8. The average molecular weight is 643 g/mol. The summed E-state index contributed by atoms with van der Waals surface area (Å²) in [6, 6.07) is 36.8. The lowest BCUT2D eigenvalue weighted by Crippen LogP contribution is -2.28. The second kappa shape index (κ2) is 10.7. The first kappa shape index (κ1) is 29.1. The Kier molecular flexibility index (Phi) is 6.37. The Balaban J connectivity index is 1.32. The van der Waals surface area contributed by atoms with Crippen LogP contribution < -0.4 is 9.80 Å². The molecule has 6 aromatic carbocycles. The van der Waals surface area contributed by atoms with Gasteiger partial charge in [0.25, 0.3) is 0 Å². The van der Waals surface area contributed by atoms with Crippen molar-refractivity contribution < 1.29 is 13.2 Å². The highest BCUT2D eigenvalue weighted by atomic mass is 19.1. The van der Waals surface area contributed by atoms with Gasteiger partial charge in [-0.3, -0.25) is 0 Å². The molecule has 0 unspecified atom stereocenters. The molecule has 236 valence electrons. The maximum Gasteiger partial charge on any atom is 0.123 e. The SMILES string of the molecule is C=C(C=CC=CC)N1c2ccccc2N(c2ccc3c(c2)C2(c4cc(F)ccc4-c4ccc(F)cc42)c2cc(F)ccc2-3)c2ccccc21. The van der Waals surface area contributed by atoms with E-state index in [0.29, 0.717) is 16.7 Å². The summed E-state index contributed by atoms with van der Waals surface area (Å²) in [4.78, 5) is 4.37. The van der Waals surface area contributed by atoms with Crippen molar-refractivity contribution in [3.63, 3.8) is 0 Å². The van der Waals surface area contributed by atoms with Gasteiger partial charge in [-0.1, -0.05) is 73.3 Å². The average Bonchev–Trinajstić information content (AvgIpc) is 3.55. The van der Waals surface area contributed by atoms with Crippen LogP contribution in [0.1, 0.15) is 29.2 Å². The molecule has 0 aromatic heterocycles. The molecule has 0 saturated heterocycles. The Hall–Kier alpha value is -6.07. The maximum atomic E-state index is 15.3. The standard InChI is InChI=1S/C44H29F3N2/c1-3-4-5-10-27(2)48-40-11-6-8-13-42(40)49(43-14-9-7-12-41(43)48)31-18-22-35-34-21-17-30(47)25-38(34)44(39(35)26-31)36-23-28(45)15-19-32(36)33-20-16-29(46)24-37(33)44/h3-26H,2H2,1H3. The van der Waals surface area contributed by atoms with Gasteiger partial charge in [0.2, 0.25) is 0 Å². The fourth-order valence-corrected chi connectivity index (χ4v) is 8.16. The number of hydrogen-bond donors (Lipinski definition) is 0. The topological polar surface area (TPSA) is 6.48 Å². The summed E-state index contributed by atoms with van der Waals surface area (Å²) >= 11 is 0. The molecule has 49 heavy (non-hydrogen) atoms. The van der Waals surface area contributed by atoms with Crippen LogP contribution in [-0.4, -0.2) is 0 Å². The highest BCUT2D eigenvalue weighted by Gasteiger charge is 2.52. The van der Waals surface area contributed by atoms with Gasteiger partial charge >= 0.3 is 0 Å². The number of halogens is 3. The lowest BCUT2D eigenvalue weighted by Gasteiger charge is -2.41. The summed E-state index contributed by atoms with van der Waals surface area (Å²) in [5, 5.41) is 0. The molecule has 1 aliphatic heterocycles. The molecule has 2 aliphatic carbocycles. The van der Waals surface area contributed by atoms with Gasteiger partial charge in [0.05, 0.1) is 28.2 Å². The number of nitrogens with zero attached hydrogens (tertiary/aromatic N) is 2. The molecule has 3 aliphatic rings. The number of allylic oxidation sites excluding steroid dienone is 4. The van der Waals surface area contributed by atoms with Gasteiger partial charge in [-0.25, -0.2) is 13.2 Å². The van der Waals surface area contributed by atoms with Crippen LogP contribution in [0.25, 0.3) is 22.3 Å². The Morgan fingerprint density at radius 2 is 0.980 bits per heavy atom. The predicted octanol–water partition coefficient (Wildman–Crippen LogP) is 12.0. The van der Waals surface area contributed by atoms with Crippen molar-refractivity contribution in [3.05, 3.63) is 198 Å². The minimum Gasteiger partial charge on any atom is -0.307 e. The van der Waals surface area contributed by atoms with Gasteiger partial charge in [0, 0.05) is 11.4 Å². The molecule has 0 fully saturated rings. The van der Waals surface area contributed by atoms with Crippen molar-refractivity contribution in [1.82, 2.24) is 0 Å². The maximum absolute atomic E-state index is 15.3. The van der Waals surface area contributed by atoms with Gasteiger partial charge in [0.1, 0.15) is 17.5 Å². The third kappa shape index (κ3) is 4.02. The van der Waals surface area contributed by atoms with E-state index in [4.69, 9.17) is 0 Å². The normalized spacial score (nSPS) is 14.5. The van der Waals surface area contributed by atoms with Crippen molar-refractivity contribution in [2.45, 2.75) is 12.3 Å². The van der Waals surface area contributed by atoms with Gasteiger partial charge in [-0.05, 0) is 130 Å². The van der Waals surface area contributed by atoms with Crippen LogP contribution in [0.5, 0.6) is 0 Å². The fraction of sp³-hybridized carbons (Fsp3) is 0.0455. The summed E-state index contributed by atoms with van der Waals surface area (Å²) in [5.74, 6) is -1.22. The molecular weight excluding hydrogens is 613 g/mol. The summed E-state index contributed by atoms with van der Waals surface area (Å²) in [6.45, 7) is 6.40. The zero-order valence-corrected chi connectivity index (χ0v) is 26.6. The van der Waals surface area contributed by atoms with Gasteiger partial charge in [0.15, 0.2) is 0 Å². The Morgan fingerprint density at radius 3 is 1.45 bits per heavy atom. The largest absolute Gasteiger partial charge is 0.307 e. The Labute approximate surface area is 283 Å². The molecule has 1 heterocycles. The van der Waals surface area contributed by atoms with Gasteiger partial charge in [-0.15, -0.1) is 0 Å². The first-order valence-corrected chi connectivity index (χ1v) is 16.2. The monoisotopic (exact) mass is 642 g/mol. The first-order valence-electron chi connectivity index (χ1n) is 16.2. The van der Waals surface area contributed by atoms with Crippen molar-refractivity contribution >= 4 is 28.4 Å². The molecule has 0 saturated carbocycles. The summed E-state index contributed by atoms with van der Waals surface area (Å²) in [7, 11) is 0. The molecule has 2 nitrogen and oxygen atoms in total. The molecule has 0 bridgehead atoms. The molecule has 0 amide bonds. The minimum atomic E-state index is -1.13. The van der Waals surface area contributed by atoms with E-state index in [2.05, 4.69) is 58.8 Å². The Morgan fingerprint density at radius 1 is 0.551 bits per heavy atom. The predicted molar refractivity (Wildman–Crippen MR) is 193 cm³/mol. The van der Waals surface area contributed by atoms with Crippen LogP contribution in [0.3, 0.4) is 0 Å². The molecule has 0 radical (unpaired) electrons. The zero-order valence-electron chi connectivity index (χ0n) is 26.6. The Bertz CT molecular complexity index is 2320. The number of benzene rings is 6. The molecule has 9 rings (SSSR count). The van der Waals surface area contributed by atoms with E-state index in [1.807, 2.05) is 55.5 Å². The molecule has 0 N–H and O–H groups in total. The van der Waals surface area contributed by atoms with E-state index >= 15 is 13.2 Å². The molecule has 6 aromatic rings. The van der Waals surface area contributed by atoms with E-state index < -0.39 is 22.9 Å². The van der Waals surface area contributed by atoms with Crippen LogP contribution in [0.2, 0.25) is 0 Å². The van der Waals surface area contributed by atoms with Crippen LogP contribution in [0, 0.1) is 17.5 Å². The van der Waals surface area contributed by atoms with E-state index in [-0.39, 0.29) is 0 Å². The van der Waals surface area contributed by atoms with E-state index in [9.17, 15) is 0 Å². The number of hydrogen-bond acceptors (Lipinski definition) is 2. The third-order valence-electron chi connectivity index (χ3n) is 10.0. The molecular formula is C44H29F3N2. The number of rotatable bonds is 4. The highest BCUT2D eigenvalue weighted by Crippen LogP contribution is 2.64. The quantitative estimate of drug-likeness (QED) is 0.176. The lowest BCUT2D eigenvalue weighted by molar-refractivity contribution is 0.613. The number of anilines is 5. The third-order valence-corrected chi connectivity index (χ3v) is 10.0. The van der Waals surface area contributed by atoms with Crippen molar-refractivity contribution in [2.75, 3.05) is 9.80 Å². The second-order valence-electron chi connectivity index (χ2n) is 12.6. The zero-order chi connectivity index (χ0) is 33.4. The van der Waals surface area contributed by atoms with Gasteiger partial charge in [-0.2, -0.15) is 0 Å². The smallest absolute Gasteiger partial charge is 0.123 e. The summed E-state index contributed by atoms with van der Waals surface area (Å²) in [6.07, 6.45) is 7.91. The summed E-state index contributed by atoms with van der Waals surface area (Å²) in [5.41, 5.74) is 10.6. The number of fused-ring (bicyclic) bond motifs is 12. The molecule has 5 heteroatoms. The van der Waals surface area contributed by atoms with Crippen molar-refractivity contribution in [3.8, 4) is 22.3 Å². The first-order chi connectivity index (χ1) is 23.9. The van der Waals surface area contributed by atoms with Crippen molar-refractivity contribution in [2.24, 2.45) is 0 Å². The van der Waals surface area contributed by atoms with Crippen LogP contribution in [0.4, 0.5) is 41.6 Å². The fourth-order valence-electron chi connectivity index (χ4n) is 8.16. The van der Waals surface area contributed by atoms with E-state index in [1.54, 1.807) is 18.2 Å². The van der Waals surface area contributed by atoms with E-state index in [0.717, 1.165) is 62.0 Å². The van der Waals surface area contributed by atoms with Crippen LogP contribution in [0.15, 0.2) is 158 Å². The lowest BCUT2D eigenvalue weighted by atomic mass is 9.70. The number of para-hydroxylation sites is 4. The van der Waals surface area contributed by atoms with Crippen LogP contribution >= 0.6 is 0 Å². The highest BCUT2D eigenvalue weighted by molar-refractivity contribution is 6.01. The molecule has 0 atom stereocenters. The van der Waals surface area contributed by atoms with Crippen molar-refractivity contribution in [1.29, 1.82) is 0 Å². The minimum absolute atomic E-state index is 0.406. The molecule has 1 spiro atoms.